The molecule has 3 heterocycles. The van der Waals surface area contributed by atoms with E-state index >= 15 is 0 Å². The normalized spacial score (nSPS) is 11.0. The molecule has 3 rings (SSSR count). The van der Waals surface area contributed by atoms with Gasteiger partial charge in [0.25, 0.3) is 5.91 Å². The molecule has 1 N–H and O–H groups in total. The second kappa shape index (κ2) is 8.26. The van der Waals surface area contributed by atoms with E-state index in [1.807, 2.05) is 26.2 Å². The molecule has 0 aliphatic carbocycles. The van der Waals surface area contributed by atoms with Crippen molar-refractivity contribution >= 4 is 17.2 Å². The molecule has 0 saturated carbocycles. The first-order valence-corrected chi connectivity index (χ1v) is 9.61. The smallest absolute Gasteiger partial charge is 0.255 e. The summed E-state index contributed by atoms with van der Waals surface area (Å²) in [7, 11) is 0. The largest absolute Gasteiger partial charge is 0.475 e. The predicted molar refractivity (Wildman–Crippen MR) is 102 cm³/mol. The Morgan fingerprint density at radius 3 is 2.89 bits per heavy atom. The van der Waals surface area contributed by atoms with Crippen molar-refractivity contribution in [1.82, 2.24) is 30.0 Å². The molecule has 9 heteroatoms. The van der Waals surface area contributed by atoms with Crippen molar-refractivity contribution in [2.24, 2.45) is 0 Å². The van der Waals surface area contributed by atoms with Gasteiger partial charge in [0.2, 0.25) is 5.88 Å². The van der Waals surface area contributed by atoms with Crippen LogP contribution in [-0.4, -0.2) is 36.7 Å². The Labute approximate surface area is 161 Å². The zero-order valence-electron chi connectivity index (χ0n) is 15.8. The number of carbonyl (C=O) groups is 1. The summed E-state index contributed by atoms with van der Waals surface area (Å²) in [6.07, 6.45) is 3.86. The van der Waals surface area contributed by atoms with E-state index in [0.717, 1.165) is 17.1 Å². The molecule has 0 aliphatic heterocycles. The van der Waals surface area contributed by atoms with Gasteiger partial charge in [0.15, 0.2) is 5.82 Å². The molecule has 0 fully saturated rings. The van der Waals surface area contributed by atoms with Crippen molar-refractivity contribution in [1.29, 1.82) is 0 Å². The lowest BCUT2D eigenvalue weighted by molar-refractivity contribution is 0.0950. The van der Waals surface area contributed by atoms with E-state index in [4.69, 9.17) is 4.74 Å². The third kappa shape index (κ3) is 4.48. The fourth-order valence-electron chi connectivity index (χ4n) is 2.47. The minimum atomic E-state index is -0.197. The molecule has 8 nitrogen and oxygen atoms in total. The molecule has 0 radical (unpaired) electrons. The van der Waals surface area contributed by atoms with E-state index < -0.39 is 0 Å². The summed E-state index contributed by atoms with van der Waals surface area (Å²) >= 11 is 1.60. The highest BCUT2D eigenvalue weighted by Crippen LogP contribution is 2.16. The molecule has 3 aromatic rings. The summed E-state index contributed by atoms with van der Waals surface area (Å²) in [6, 6.07) is 1.70. The number of aryl methyl sites for hydroxylation is 1. The number of aromatic nitrogens is 5. The van der Waals surface area contributed by atoms with Crippen LogP contribution in [0.1, 0.15) is 47.5 Å². The van der Waals surface area contributed by atoms with Crippen LogP contribution in [-0.2, 0) is 13.0 Å². The molecule has 0 atom stereocenters. The van der Waals surface area contributed by atoms with E-state index in [1.54, 1.807) is 22.1 Å². The van der Waals surface area contributed by atoms with Crippen molar-refractivity contribution in [2.45, 2.75) is 46.8 Å². The van der Waals surface area contributed by atoms with Gasteiger partial charge in [0.1, 0.15) is 6.33 Å². The van der Waals surface area contributed by atoms with E-state index in [2.05, 4.69) is 32.3 Å². The lowest BCUT2D eigenvalue weighted by Gasteiger charge is -2.10. The van der Waals surface area contributed by atoms with Gasteiger partial charge in [-0.2, -0.15) is 5.10 Å². The lowest BCUT2D eigenvalue weighted by Crippen LogP contribution is -2.23. The summed E-state index contributed by atoms with van der Waals surface area (Å²) in [5.41, 5.74) is 2.04. The molecule has 0 unspecified atom stereocenters. The first kappa shape index (κ1) is 19.0. The minimum Gasteiger partial charge on any atom is -0.475 e. The van der Waals surface area contributed by atoms with Crippen LogP contribution in [0.5, 0.6) is 5.88 Å². The van der Waals surface area contributed by atoms with Crippen LogP contribution in [0.2, 0.25) is 0 Å². The van der Waals surface area contributed by atoms with Gasteiger partial charge in [0, 0.05) is 11.4 Å². The highest BCUT2D eigenvalue weighted by Gasteiger charge is 2.16. The SMILES string of the molecule is CCc1nc(CNC(=O)c2cnn(-c3cc(OC(C)C)ncn3)c2C)cs1. The van der Waals surface area contributed by atoms with Crippen molar-refractivity contribution in [3.63, 3.8) is 0 Å². The molecule has 0 saturated heterocycles. The van der Waals surface area contributed by atoms with Gasteiger partial charge >= 0.3 is 0 Å². The summed E-state index contributed by atoms with van der Waals surface area (Å²) in [5, 5.41) is 10.2. The Balaban J connectivity index is 1.73. The first-order valence-electron chi connectivity index (χ1n) is 8.73. The fourth-order valence-corrected chi connectivity index (χ4v) is 3.22. The molecule has 142 valence electrons. The number of hydrogen-bond donors (Lipinski definition) is 1. The number of hydrogen-bond acceptors (Lipinski definition) is 7. The van der Waals surface area contributed by atoms with Gasteiger partial charge in [-0.15, -0.1) is 11.3 Å². The maximum atomic E-state index is 12.5. The molecule has 0 spiro atoms. The number of amides is 1. The van der Waals surface area contributed by atoms with Crippen LogP contribution >= 0.6 is 11.3 Å². The van der Waals surface area contributed by atoms with Crippen LogP contribution < -0.4 is 10.1 Å². The zero-order chi connectivity index (χ0) is 19.4. The molecule has 0 aromatic carbocycles. The standard InChI is InChI=1S/C18H22N6O2S/c1-5-17-23-13(9-27-17)7-19-18(25)14-8-22-24(12(14)4)15-6-16(21-10-20-15)26-11(2)3/h6,8-11H,5,7H2,1-4H3,(H,19,25). The number of nitrogens with zero attached hydrogens (tertiary/aromatic N) is 5. The lowest BCUT2D eigenvalue weighted by atomic mass is 10.2. The summed E-state index contributed by atoms with van der Waals surface area (Å²) in [6.45, 7) is 8.12. The average molecular weight is 386 g/mol. The number of rotatable bonds is 7. The molecule has 0 aliphatic rings. The fraction of sp³-hybridized carbons (Fsp3) is 0.389. The van der Waals surface area contributed by atoms with Crippen molar-refractivity contribution in [3.05, 3.63) is 45.9 Å². The molecular weight excluding hydrogens is 364 g/mol. The van der Waals surface area contributed by atoms with Gasteiger partial charge in [-0.05, 0) is 27.2 Å². The Bertz CT molecular complexity index is 934. The molecule has 27 heavy (non-hydrogen) atoms. The number of carbonyl (C=O) groups excluding carboxylic acids is 1. The quantitative estimate of drug-likeness (QED) is 0.671. The second-order valence-electron chi connectivity index (χ2n) is 6.21. The average Bonchev–Trinajstić information content (AvgIpc) is 3.25. The van der Waals surface area contributed by atoms with Gasteiger partial charge in [0.05, 0.1) is 40.8 Å². The van der Waals surface area contributed by atoms with Gasteiger partial charge in [-0.3, -0.25) is 4.79 Å². The summed E-state index contributed by atoms with van der Waals surface area (Å²) < 4.78 is 7.19. The number of thiazole rings is 1. The maximum Gasteiger partial charge on any atom is 0.255 e. The van der Waals surface area contributed by atoms with Crippen LogP contribution in [0, 0.1) is 6.92 Å². The van der Waals surface area contributed by atoms with Crippen molar-refractivity contribution in [2.75, 3.05) is 0 Å². The topological polar surface area (TPSA) is 94.8 Å². The van der Waals surface area contributed by atoms with Gasteiger partial charge in [-0.25, -0.2) is 19.6 Å². The van der Waals surface area contributed by atoms with Gasteiger partial charge < -0.3 is 10.1 Å². The van der Waals surface area contributed by atoms with Crippen molar-refractivity contribution < 1.29 is 9.53 Å². The minimum absolute atomic E-state index is 0.00625. The number of ether oxygens (including phenoxy) is 1. The van der Waals surface area contributed by atoms with Crippen LogP contribution in [0.3, 0.4) is 0 Å². The molecule has 0 bridgehead atoms. The van der Waals surface area contributed by atoms with Crippen molar-refractivity contribution in [3.8, 4) is 11.7 Å². The Morgan fingerprint density at radius 2 is 2.19 bits per heavy atom. The monoisotopic (exact) mass is 386 g/mol. The zero-order valence-corrected chi connectivity index (χ0v) is 16.6. The van der Waals surface area contributed by atoms with Crippen LogP contribution in [0.4, 0.5) is 0 Å². The summed E-state index contributed by atoms with van der Waals surface area (Å²) in [5.74, 6) is 0.813. The first-order chi connectivity index (χ1) is 13.0. The van der Waals surface area contributed by atoms with Crippen LogP contribution in [0.25, 0.3) is 5.82 Å². The predicted octanol–water partition coefficient (Wildman–Crippen LogP) is 2.71. The highest BCUT2D eigenvalue weighted by molar-refractivity contribution is 7.09. The summed E-state index contributed by atoms with van der Waals surface area (Å²) in [4.78, 5) is 25.3. The van der Waals surface area contributed by atoms with Gasteiger partial charge in [-0.1, -0.05) is 6.92 Å². The Hall–Kier alpha value is -2.81. The molecule has 3 aromatic heterocycles. The Kier molecular flexibility index (Phi) is 5.80. The molecular formula is C18H22N6O2S. The maximum absolute atomic E-state index is 12.5. The van der Waals surface area contributed by atoms with E-state index in [0.29, 0.717) is 29.5 Å². The molecule has 1 amide bonds. The number of nitrogens with one attached hydrogen (secondary N) is 1. The van der Waals surface area contributed by atoms with E-state index in [9.17, 15) is 4.79 Å². The van der Waals surface area contributed by atoms with Crippen LogP contribution in [0.15, 0.2) is 24.0 Å². The highest BCUT2D eigenvalue weighted by atomic mass is 32.1. The second-order valence-corrected chi connectivity index (χ2v) is 7.15. The third-order valence-corrected chi connectivity index (χ3v) is 4.83. The third-order valence-electron chi connectivity index (χ3n) is 3.79. The van der Waals surface area contributed by atoms with E-state index in [-0.39, 0.29) is 12.0 Å². The Morgan fingerprint density at radius 1 is 1.37 bits per heavy atom. The van der Waals surface area contributed by atoms with E-state index in [1.165, 1.54) is 12.5 Å².